The standard InChI is InChI=1S/C25H22FNO6/c1-16-2-8-20(25(29)30)22(10-16)31-14-24(28)27(12-17-3-6-19(26)7-4-17)13-18-5-9-21-23(11-18)33-15-32-21/h2-11H,12-15H2,1H3,(H,29,30). The van der Waals surface area contributed by atoms with E-state index in [0.29, 0.717) is 11.5 Å². The highest BCUT2D eigenvalue weighted by molar-refractivity contribution is 5.91. The highest BCUT2D eigenvalue weighted by Gasteiger charge is 2.20. The molecule has 0 radical (unpaired) electrons. The Morgan fingerprint density at radius 1 is 0.970 bits per heavy atom. The summed E-state index contributed by atoms with van der Waals surface area (Å²) in [7, 11) is 0. The normalized spacial score (nSPS) is 11.8. The number of amides is 1. The second-order valence-corrected chi connectivity index (χ2v) is 7.66. The van der Waals surface area contributed by atoms with Crippen molar-refractivity contribution in [3.63, 3.8) is 0 Å². The van der Waals surface area contributed by atoms with Crippen LogP contribution in [0.4, 0.5) is 4.39 Å². The van der Waals surface area contributed by atoms with Crippen LogP contribution in [-0.2, 0) is 17.9 Å². The van der Waals surface area contributed by atoms with Crippen molar-refractivity contribution in [1.29, 1.82) is 0 Å². The smallest absolute Gasteiger partial charge is 0.339 e. The third-order valence-corrected chi connectivity index (χ3v) is 5.17. The molecule has 3 aromatic carbocycles. The van der Waals surface area contributed by atoms with Gasteiger partial charge in [-0.15, -0.1) is 0 Å². The van der Waals surface area contributed by atoms with Gasteiger partial charge in [0.2, 0.25) is 6.79 Å². The fourth-order valence-electron chi connectivity index (χ4n) is 3.46. The van der Waals surface area contributed by atoms with Gasteiger partial charge in [0.15, 0.2) is 18.1 Å². The molecule has 33 heavy (non-hydrogen) atoms. The molecule has 170 valence electrons. The Morgan fingerprint density at radius 2 is 1.67 bits per heavy atom. The van der Waals surface area contributed by atoms with Crippen molar-refractivity contribution in [1.82, 2.24) is 4.90 Å². The maximum absolute atomic E-state index is 13.3. The molecule has 0 bridgehead atoms. The molecule has 1 amide bonds. The van der Waals surface area contributed by atoms with E-state index in [-0.39, 0.29) is 49.5 Å². The van der Waals surface area contributed by atoms with Crippen molar-refractivity contribution in [3.8, 4) is 17.2 Å². The molecular formula is C25H22FNO6. The second kappa shape index (κ2) is 9.60. The lowest BCUT2D eigenvalue weighted by molar-refractivity contribution is -0.134. The average Bonchev–Trinajstić information content (AvgIpc) is 3.26. The van der Waals surface area contributed by atoms with E-state index >= 15 is 0 Å². The summed E-state index contributed by atoms with van der Waals surface area (Å²) in [6, 6.07) is 16.0. The lowest BCUT2D eigenvalue weighted by atomic mass is 10.1. The molecule has 1 aliphatic heterocycles. The number of carbonyl (C=O) groups excluding carboxylic acids is 1. The highest BCUT2D eigenvalue weighted by atomic mass is 19.1. The van der Waals surface area contributed by atoms with Crippen LogP contribution in [0.3, 0.4) is 0 Å². The number of carbonyl (C=O) groups is 2. The Kier molecular flexibility index (Phi) is 6.44. The molecule has 0 fully saturated rings. The number of carboxylic acids is 1. The zero-order valence-corrected chi connectivity index (χ0v) is 17.9. The zero-order valence-electron chi connectivity index (χ0n) is 17.9. The minimum absolute atomic E-state index is 0.0192. The van der Waals surface area contributed by atoms with Gasteiger partial charge in [0.1, 0.15) is 17.1 Å². The number of aryl methyl sites for hydroxylation is 1. The van der Waals surface area contributed by atoms with E-state index in [1.54, 1.807) is 48.2 Å². The Labute approximate surface area is 189 Å². The minimum Gasteiger partial charge on any atom is -0.483 e. The number of rotatable bonds is 8. The van der Waals surface area contributed by atoms with Crippen LogP contribution in [-0.4, -0.2) is 35.3 Å². The first-order chi connectivity index (χ1) is 15.9. The zero-order chi connectivity index (χ0) is 23.4. The van der Waals surface area contributed by atoms with Crippen molar-refractivity contribution >= 4 is 11.9 Å². The first-order valence-electron chi connectivity index (χ1n) is 10.3. The van der Waals surface area contributed by atoms with E-state index in [2.05, 4.69) is 0 Å². The summed E-state index contributed by atoms with van der Waals surface area (Å²) in [5.74, 6) is -0.490. The van der Waals surface area contributed by atoms with Crippen molar-refractivity contribution in [2.24, 2.45) is 0 Å². The predicted molar refractivity (Wildman–Crippen MR) is 117 cm³/mol. The van der Waals surface area contributed by atoms with E-state index in [1.165, 1.54) is 18.2 Å². The first kappa shape index (κ1) is 22.1. The molecule has 0 spiro atoms. The number of ether oxygens (including phenoxy) is 3. The molecule has 0 unspecified atom stereocenters. The van der Waals surface area contributed by atoms with Gasteiger partial charge >= 0.3 is 5.97 Å². The van der Waals surface area contributed by atoms with E-state index in [9.17, 15) is 19.1 Å². The van der Waals surface area contributed by atoms with Gasteiger partial charge in [-0.2, -0.15) is 0 Å². The Balaban J connectivity index is 1.53. The summed E-state index contributed by atoms with van der Waals surface area (Å²) in [4.78, 5) is 26.2. The number of hydrogen-bond donors (Lipinski definition) is 1. The number of hydrogen-bond acceptors (Lipinski definition) is 5. The van der Waals surface area contributed by atoms with Crippen molar-refractivity contribution in [3.05, 3.63) is 88.7 Å². The van der Waals surface area contributed by atoms with E-state index in [0.717, 1.165) is 16.7 Å². The summed E-state index contributed by atoms with van der Waals surface area (Å²) in [5, 5.41) is 9.39. The Morgan fingerprint density at radius 3 is 2.42 bits per heavy atom. The van der Waals surface area contributed by atoms with Crippen LogP contribution in [0.5, 0.6) is 17.2 Å². The van der Waals surface area contributed by atoms with Crippen LogP contribution < -0.4 is 14.2 Å². The average molecular weight is 451 g/mol. The lowest BCUT2D eigenvalue weighted by Crippen LogP contribution is -2.34. The highest BCUT2D eigenvalue weighted by Crippen LogP contribution is 2.33. The number of nitrogens with zero attached hydrogens (tertiary/aromatic N) is 1. The fourth-order valence-corrected chi connectivity index (χ4v) is 3.46. The summed E-state index contributed by atoms with van der Waals surface area (Å²) < 4.78 is 29.7. The summed E-state index contributed by atoms with van der Waals surface area (Å²) in [6.45, 7) is 2.07. The topological polar surface area (TPSA) is 85.3 Å². The van der Waals surface area contributed by atoms with Crippen molar-refractivity contribution < 1.29 is 33.3 Å². The molecule has 7 nitrogen and oxygen atoms in total. The summed E-state index contributed by atoms with van der Waals surface area (Å²) >= 11 is 0. The van der Waals surface area contributed by atoms with Gasteiger partial charge < -0.3 is 24.2 Å². The number of aromatic carboxylic acids is 1. The van der Waals surface area contributed by atoms with Gasteiger partial charge in [-0.3, -0.25) is 4.79 Å². The Hall–Kier alpha value is -4.07. The van der Waals surface area contributed by atoms with Crippen LogP contribution >= 0.6 is 0 Å². The van der Waals surface area contributed by atoms with Crippen molar-refractivity contribution in [2.45, 2.75) is 20.0 Å². The third-order valence-electron chi connectivity index (χ3n) is 5.17. The molecule has 3 aromatic rings. The van der Waals surface area contributed by atoms with Gasteiger partial charge in [-0.25, -0.2) is 9.18 Å². The first-order valence-corrected chi connectivity index (χ1v) is 10.3. The molecule has 0 aliphatic carbocycles. The maximum Gasteiger partial charge on any atom is 0.339 e. The van der Waals surface area contributed by atoms with Gasteiger partial charge in [0.05, 0.1) is 0 Å². The number of benzene rings is 3. The summed E-state index contributed by atoms with van der Waals surface area (Å²) in [5.41, 5.74) is 2.35. The Bertz CT molecular complexity index is 1180. The molecule has 8 heteroatoms. The van der Waals surface area contributed by atoms with Crippen LogP contribution in [0.2, 0.25) is 0 Å². The second-order valence-electron chi connectivity index (χ2n) is 7.66. The van der Waals surface area contributed by atoms with E-state index in [1.807, 2.05) is 6.07 Å². The number of fused-ring (bicyclic) bond motifs is 1. The van der Waals surface area contributed by atoms with Crippen LogP contribution in [0.1, 0.15) is 27.0 Å². The van der Waals surface area contributed by atoms with Crippen LogP contribution in [0, 0.1) is 12.7 Å². The molecule has 0 saturated carbocycles. The summed E-state index contributed by atoms with van der Waals surface area (Å²) in [6.07, 6.45) is 0. The number of halogens is 1. The molecule has 0 atom stereocenters. The van der Waals surface area contributed by atoms with Crippen LogP contribution in [0.15, 0.2) is 60.7 Å². The lowest BCUT2D eigenvalue weighted by Gasteiger charge is -2.23. The van der Waals surface area contributed by atoms with Gasteiger partial charge in [-0.05, 0) is 60.0 Å². The van der Waals surface area contributed by atoms with Crippen molar-refractivity contribution in [2.75, 3.05) is 13.4 Å². The van der Waals surface area contributed by atoms with Gasteiger partial charge in [0, 0.05) is 13.1 Å². The molecular weight excluding hydrogens is 429 g/mol. The molecule has 4 rings (SSSR count). The molecule has 1 aliphatic rings. The monoisotopic (exact) mass is 451 g/mol. The maximum atomic E-state index is 13.3. The van der Waals surface area contributed by atoms with Gasteiger partial charge in [-0.1, -0.05) is 24.3 Å². The predicted octanol–water partition coefficient (Wildman–Crippen LogP) is 4.17. The quantitative estimate of drug-likeness (QED) is 0.553. The van der Waals surface area contributed by atoms with Gasteiger partial charge in [0.25, 0.3) is 5.91 Å². The van der Waals surface area contributed by atoms with E-state index < -0.39 is 5.97 Å². The SMILES string of the molecule is Cc1ccc(C(=O)O)c(OCC(=O)N(Cc2ccc(F)cc2)Cc2ccc3c(c2)OCO3)c1. The minimum atomic E-state index is -1.14. The fraction of sp³-hybridized carbons (Fsp3) is 0.200. The molecule has 1 heterocycles. The largest absolute Gasteiger partial charge is 0.483 e. The molecule has 0 aromatic heterocycles. The number of carboxylic acid groups (broad SMARTS) is 1. The molecule has 0 saturated heterocycles. The van der Waals surface area contributed by atoms with Crippen LogP contribution in [0.25, 0.3) is 0 Å². The molecule has 1 N–H and O–H groups in total. The third kappa shape index (κ3) is 5.41. The van der Waals surface area contributed by atoms with E-state index in [4.69, 9.17) is 14.2 Å².